The molecule has 3 N–H and O–H groups in total. The van der Waals surface area contributed by atoms with Gasteiger partial charge in [-0.3, -0.25) is 9.59 Å². The maximum absolute atomic E-state index is 13.2. The van der Waals surface area contributed by atoms with Crippen LogP contribution in [0.5, 0.6) is 5.75 Å². The van der Waals surface area contributed by atoms with Gasteiger partial charge in [-0.05, 0) is 60.7 Å². The number of aryl methyl sites for hydroxylation is 3. The number of hydrogen-bond donors (Lipinski definition) is 3. The molecule has 10 nitrogen and oxygen atoms in total. The van der Waals surface area contributed by atoms with Gasteiger partial charge in [0.1, 0.15) is 31.0 Å². The van der Waals surface area contributed by atoms with Gasteiger partial charge in [0.05, 0.1) is 13.5 Å². The molecule has 0 bridgehead atoms. The number of alkyl carbamates (subject to hydrolysis) is 1. The third kappa shape index (κ3) is 9.65. The van der Waals surface area contributed by atoms with Crippen molar-refractivity contribution < 1.29 is 38.5 Å². The van der Waals surface area contributed by atoms with E-state index in [1.807, 2.05) is 39.0 Å². The summed E-state index contributed by atoms with van der Waals surface area (Å²) >= 11 is 0. The normalized spacial score (nSPS) is 12.0. The van der Waals surface area contributed by atoms with Crippen LogP contribution in [0.3, 0.4) is 0 Å². The number of carboxylic acid groups (broad SMARTS) is 1. The van der Waals surface area contributed by atoms with E-state index in [0.717, 1.165) is 27.8 Å². The quantitative estimate of drug-likeness (QED) is 0.258. The second-order valence-corrected chi connectivity index (χ2v) is 9.95. The Balaban J connectivity index is 1.70. The van der Waals surface area contributed by atoms with Crippen LogP contribution in [-0.4, -0.2) is 48.2 Å². The molecule has 3 aromatic rings. The largest absolute Gasteiger partial charge is 0.497 e. The number of nitrogens with one attached hydrogen (secondary N) is 2. The summed E-state index contributed by atoms with van der Waals surface area (Å²) in [5.74, 6) is -2.24. The van der Waals surface area contributed by atoms with Crippen LogP contribution in [-0.2, 0) is 43.5 Å². The van der Waals surface area contributed by atoms with Crippen molar-refractivity contribution in [3.63, 3.8) is 0 Å². The molecular weight excluding hydrogens is 540 g/mol. The summed E-state index contributed by atoms with van der Waals surface area (Å²) in [4.78, 5) is 50.5. The molecule has 10 heteroatoms. The van der Waals surface area contributed by atoms with Crippen molar-refractivity contribution in [2.75, 3.05) is 7.11 Å². The van der Waals surface area contributed by atoms with Crippen molar-refractivity contribution in [1.82, 2.24) is 10.6 Å². The van der Waals surface area contributed by atoms with Crippen LogP contribution in [0.25, 0.3) is 0 Å². The highest BCUT2D eigenvalue weighted by Crippen LogP contribution is 2.18. The van der Waals surface area contributed by atoms with Gasteiger partial charge in [-0.1, -0.05) is 60.2 Å². The van der Waals surface area contributed by atoms with Crippen molar-refractivity contribution in [2.45, 2.75) is 58.9 Å². The first-order valence-corrected chi connectivity index (χ1v) is 13.4. The van der Waals surface area contributed by atoms with E-state index in [1.165, 1.54) is 7.11 Å². The highest BCUT2D eigenvalue weighted by molar-refractivity contribution is 5.92. The van der Waals surface area contributed by atoms with Crippen molar-refractivity contribution in [3.8, 4) is 5.75 Å². The Morgan fingerprint density at radius 3 is 2.02 bits per heavy atom. The average molecular weight is 577 g/mol. The zero-order valence-electron chi connectivity index (χ0n) is 24.1. The molecule has 0 spiro atoms. The van der Waals surface area contributed by atoms with Gasteiger partial charge in [0.2, 0.25) is 5.91 Å². The maximum Gasteiger partial charge on any atom is 0.408 e. The van der Waals surface area contributed by atoms with E-state index in [4.69, 9.17) is 14.2 Å². The number of hydrogen-bond acceptors (Lipinski definition) is 7. The minimum Gasteiger partial charge on any atom is -0.497 e. The van der Waals surface area contributed by atoms with Crippen LogP contribution in [0.1, 0.15) is 39.8 Å². The highest BCUT2D eigenvalue weighted by atomic mass is 16.5. The standard InChI is InChI=1S/C32H36N2O8/c1-20-14-21(2)26(22(3)15-20)19-41-31(38)28(16-23-8-6-5-7-9-23)33-30(37)27(17-29(35)36)34-32(39)42-18-24-10-12-25(40-4)13-11-24/h5-15,27-28H,16-19H2,1-4H3,(H,33,37)(H,34,39)(H,35,36)/t27-,28-/m0/s1. The molecular formula is C32H36N2O8. The number of ether oxygens (including phenoxy) is 3. The molecule has 0 fully saturated rings. The SMILES string of the molecule is COc1ccc(COC(=O)N[C@@H](CC(=O)O)C(=O)N[C@@H](Cc2ccccc2)C(=O)OCc2c(C)cc(C)cc2C)cc1. The Bertz CT molecular complexity index is 1370. The first kappa shape index (κ1) is 31.7. The second-order valence-electron chi connectivity index (χ2n) is 9.95. The van der Waals surface area contributed by atoms with E-state index in [0.29, 0.717) is 11.3 Å². The molecule has 0 aliphatic rings. The van der Waals surface area contributed by atoms with Crippen molar-refractivity contribution >= 4 is 23.9 Å². The summed E-state index contributed by atoms with van der Waals surface area (Å²) in [7, 11) is 1.53. The summed E-state index contributed by atoms with van der Waals surface area (Å²) in [5.41, 5.74) is 5.32. The Hall–Kier alpha value is -4.86. The zero-order chi connectivity index (χ0) is 30.6. The van der Waals surface area contributed by atoms with Crippen molar-refractivity contribution in [2.24, 2.45) is 0 Å². The van der Waals surface area contributed by atoms with Gasteiger partial charge in [0.25, 0.3) is 0 Å². The summed E-state index contributed by atoms with van der Waals surface area (Å²) in [6.07, 6.45) is -1.61. The minimum atomic E-state index is -1.50. The molecule has 0 aromatic heterocycles. The second kappa shape index (κ2) is 15.2. The highest BCUT2D eigenvalue weighted by Gasteiger charge is 2.30. The molecule has 42 heavy (non-hydrogen) atoms. The molecule has 0 aliphatic carbocycles. The smallest absolute Gasteiger partial charge is 0.408 e. The number of benzene rings is 3. The third-order valence-electron chi connectivity index (χ3n) is 6.60. The average Bonchev–Trinajstić information content (AvgIpc) is 2.95. The first-order valence-electron chi connectivity index (χ1n) is 13.4. The third-order valence-corrected chi connectivity index (χ3v) is 6.60. The van der Waals surface area contributed by atoms with Crippen LogP contribution in [0, 0.1) is 20.8 Å². The fourth-order valence-corrected chi connectivity index (χ4v) is 4.44. The Morgan fingerprint density at radius 2 is 1.43 bits per heavy atom. The number of esters is 1. The summed E-state index contributed by atoms with van der Waals surface area (Å²) in [6, 6.07) is 17.2. The molecule has 0 radical (unpaired) electrons. The number of methoxy groups -OCH3 is 1. The topological polar surface area (TPSA) is 140 Å². The lowest BCUT2D eigenvalue weighted by Crippen LogP contribution is -2.53. The lowest BCUT2D eigenvalue weighted by Gasteiger charge is -2.22. The van der Waals surface area contributed by atoms with Crippen LogP contribution in [0.15, 0.2) is 66.7 Å². The van der Waals surface area contributed by atoms with Gasteiger partial charge in [-0.25, -0.2) is 9.59 Å². The van der Waals surface area contributed by atoms with E-state index in [1.54, 1.807) is 48.5 Å². The van der Waals surface area contributed by atoms with Gasteiger partial charge < -0.3 is 30.0 Å². The van der Waals surface area contributed by atoms with E-state index in [-0.39, 0.29) is 19.6 Å². The van der Waals surface area contributed by atoms with Crippen LogP contribution < -0.4 is 15.4 Å². The molecule has 0 heterocycles. The predicted octanol–water partition coefficient (Wildman–Crippen LogP) is 4.16. The van der Waals surface area contributed by atoms with Crippen LogP contribution in [0.4, 0.5) is 4.79 Å². The van der Waals surface area contributed by atoms with Crippen molar-refractivity contribution in [3.05, 3.63) is 100 Å². The van der Waals surface area contributed by atoms with Gasteiger partial charge in [-0.15, -0.1) is 0 Å². The molecule has 2 atom stereocenters. The minimum absolute atomic E-state index is 0.00638. The molecule has 0 saturated heterocycles. The van der Waals surface area contributed by atoms with E-state index < -0.39 is 42.4 Å². The molecule has 3 aromatic carbocycles. The summed E-state index contributed by atoms with van der Waals surface area (Å²) < 4.78 is 15.9. The molecule has 0 aliphatic heterocycles. The first-order chi connectivity index (χ1) is 20.0. The Morgan fingerprint density at radius 1 is 0.786 bits per heavy atom. The molecule has 0 unspecified atom stereocenters. The van der Waals surface area contributed by atoms with Gasteiger partial charge in [-0.2, -0.15) is 0 Å². The van der Waals surface area contributed by atoms with Crippen molar-refractivity contribution in [1.29, 1.82) is 0 Å². The van der Waals surface area contributed by atoms with Crippen LogP contribution in [0.2, 0.25) is 0 Å². The Kier molecular flexibility index (Phi) is 11.5. The van der Waals surface area contributed by atoms with Crippen LogP contribution >= 0.6 is 0 Å². The number of carbonyl (C=O) groups excluding carboxylic acids is 3. The monoisotopic (exact) mass is 576 g/mol. The predicted molar refractivity (Wildman–Crippen MR) is 155 cm³/mol. The fraction of sp³-hybridized carbons (Fsp3) is 0.312. The number of amides is 2. The number of carbonyl (C=O) groups is 4. The van der Waals surface area contributed by atoms with E-state index in [2.05, 4.69) is 10.6 Å². The van der Waals surface area contributed by atoms with Gasteiger partial charge in [0.15, 0.2) is 0 Å². The maximum atomic E-state index is 13.2. The molecule has 0 saturated carbocycles. The lowest BCUT2D eigenvalue weighted by atomic mass is 10.0. The van der Waals surface area contributed by atoms with E-state index >= 15 is 0 Å². The molecule has 2 amide bonds. The summed E-state index contributed by atoms with van der Waals surface area (Å²) in [5, 5.41) is 14.3. The lowest BCUT2D eigenvalue weighted by molar-refractivity contribution is -0.149. The molecule has 3 rings (SSSR count). The van der Waals surface area contributed by atoms with E-state index in [9.17, 15) is 24.3 Å². The fourth-order valence-electron chi connectivity index (χ4n) is 4.44. The zero-order valence-corrected chi connectivity index (χ0v) is 24.1. The Labute approximate surface area is 245 Å². The number of rotatable bonds is 13. The number of aliphatic carboxylic acids is 1. The number of carboxylic acids is 1. The molecule has 222 valence electrons. The summed E-state index contributed by atoms with van der Waals surface area (Å²) in [6.45, 7) is 5.74. The van der Waals surface area contributed by atoms with Gasteiger partial charge in [0, 0.05) is 6.42 Å². The van der Waals surface area contributed by atoms with Gasteiger partial charge >= 0.3 is 18.0 Å².